The maximum atomic E-state index is 4.44. The van der Waals surface area contributed by atoms with Crippen molar-refractivity contribution in [3.63, 3.8) is 0 Å². The second-order valence-electron chi connectivity index (χ2n) is 5.63. The van der Waals surface area contributed by atoms with E-state index in [9.17, 15) is 0 Å². The van der Waals surface area contributed by atoms with Crippen molar-refractivity contribution in [3.8, 4) is 0 Å². The minimum atomic E-state index is 0.359. The Morgan fingerprint density at radius 3 is 2.73 bits per heavy atom. The highest BCUT2D eigenvalue weighted by Gasteiger charge is 2.29. The van der Waals surface area contributed by atoms with Crippen molar-refractivity contribution >= 4 is 11.3 Å². The van der Waals surface area contributed by atoms with Crippen LogP contribution in [-0.4, -0.2) is 11.0 Å². The molecule has 15 heavy (non-hydrogen) atoms. The van der Waals surface area contributed by atoms with E-state index in [1.165, 1.54) is 17.8 Å². The highest BCUT2D eigenvalue weighted by Crippen LogP contribution is 2.33. The van der Waals surface area contributed by atoms with E-state index in [0.29, 0.717) is 11.5 Å². The molecule has 1 fully saturated rings. The van der Waals surface area contributed by atoms with Crippen molar-refractivity contribution in [2.24, 2.45) is 5.41 Å². The first-order valence-electron chi connectivity index (χ1n) is 5.70. The Hall–Kier alpha value is -0.410. The average molecular weight is 224 g/mol. The summed E-state index contributed by atoms with van der Waals surface area (Å²) in [6.07, 6.45) is 5.75. The van der Waals surface area contributed by atoms with Crippen molar-refractivity contribution < 1.29 is 0 Å². The molecule has 1 saturated carbocycles. The summed E-state index contributed by atoms with van der Waals surface area (Å²) in [7, 11) is 0. The van der Waals surface area contributed by atoms with Crippen LogP contribution in [0.15, 0.2) is 11.6 Å². The molecule has 1 N–H and O–H groups in total. The fourth-order valence-corrected chi connectivity index (χ4v) is 2.47. The second kappa shape index (κ2) is 4.22. The summed E-state index contributed by atoms with van der Waals surface area (Å²) < 4.78 is 0. The lowest BCUT2D eigenvalue weighted by molar-refractivity contribution is 0.309. The maximum Gasteiger partial charge on any atom is 0.110 e. The van der Waals surface area contributed by atoms with Crippen molar-refractivity contribution in [3.05, 3.63) is 16.6 Å². The van der Waals surface area contributed by atoms with Gasteiger partial charge >= 0.3 is 0 Å². The number of nitrogens with zero attached hydrogens (tertiary/aromatic N) is 1. The molecule has 0 aliphatic heterocycles. The Labute approximate surface area is 96.1 Å². The van der Waals surface area contributed by atoms with Crippen LogP contribution in [0.3, 0.4) is 0 Å². The van der Waals surface area contributed by atoms with Crippen molar-refractivity contribution in [1.29, 1.82) is 0 Å². The van der Waals surface area contributed by atoms with E-state index in [1.54, 1.807) is 11.3 Å². The summed E-state index contributed by atoms with van der Waals surface area (Å²) in [4.78, 5) is 4.44. The number of nitrogens with one attached hydrogen (secondary N) is 1. The van der Waals surface area contributed by atoms with Gasteiger partial charge in [0.1, 0.15) is 5.01 Å². The van der Waals surface area contributed by atoms with Gasteiger partial charge in [0.2, 0.25) is 0 Å². The zero-order chi connectivity index (χ0) is 10.9. The molecule has 1 heterocycles. The number of rotatable bonds is 4. The summed E-state index contributed by atoms with van der Waals surface area (Å²) in [5.41, 5.74) is 0.359. The SMILES string of the molecule is CC(C)(C)CC(NC1CC1)c1nccs1. The summed E-state index contributed by atoms with van der Waals surface area (Å²) >= 11 is 1.77. The third-order valence-corrected chi connectivity index (χ3v) is 3.47. The topological polar surface area (TPSA) is 24.9 Å². The molecular weight excluding hydrogens is 204 g/mol. The molecule has 2 nitrogen and oxygen atoms in total. The largest absolute Gasteiger partial charge is 0.305 e. The Bertz CT molecular complexity index is 296. The lowest BCUT2D eigenvalue weighted by Gasteiger charge is -2.25. The molecule has 0 radical (unpaired) electrons. The van der Waals surface area contributed by atoms with Crippen LogP contribution in [0.4, 0.5) is 0 Å². The van der Waals surface area contributed by atoms with Crippen LogP contribution >= 0.6 is 11.3 Å². The Kier molecular flexibility index (Phi) is 3.12. The molecule has 1 atom stereocenters. The molecule has 1 aliphatic rings. The van der Waals surface area contributed by atoms with Gasteiger partial charge in [-0.15, -0.1) is 11.3 Å². The van der Waals surface area contributed by atoms with Gasteiger partial charge in [-0.1, -0.05) is 20.8 Å². The quantitative estimate of drug-likeness (QED) is 0.848. The molecule has 1 aliphatic carbocycles. The minimum absolute atomic E-state index is 0.359. The predicted molar refractivity (Wildman–Crippen MR) is 65.1 cm³/mol. The summed E-state index contributed by atoms with van der Waals surface area (Å²) in [5.74, 6) is 0. The third-order valence-electron chi connectivity index (χ3n) is 2.58. The molecule has 1 unspecified atom stereocenters. The number of hydrogen-bond donors (Lipinski definition) is 1. The van der Waals surface area contributed by atoms with E-state index in [2.05, 4.69) is 36.5 Å². The van der Waals surface area contributed by atoms with Gasteiger partial charge < -0.3 is 5.32 Å². The van der Waals surface area contributed by atoms with Crippen LogP contribution in [-0.2, 0) is 0 Å². The predicted octanol–water partition coefficient (Wildman–Crippen LogP) is 3.37. The number of aromatic nitrogens is 1. The standard InChI is InChI=1S/C12H20N2S/c1-12(2,3)8-10(14-9-4-5-9)11-13-6-7-15-11/h6-7,9-10,14H,4-5,8H2,1-3H3. The second-order valence-corrected chi connectivity index (χ2v) is 6.55. The molecule has 84 valence electrons. The zero-order valence-corrected chi connectivity index (χ0v) is 10.6. The van der Waals surface area contributed by atoms with Crippen LogP contribution in [0.25, 0.3) is 0 Å². The molecule has 1 aromatic heterocycles. The lowest BCUT2D eigenvalue weighted by Crippen LogP contribution is -2.27. The first kappa shape index (κ1) is 11.1. The summed E-state index contributed by atoms with van der Waals surface area (Å²) in [5, 5.41) is 7.01. The smallest absolute Gasteiger partial charge is 0.110 e. The van der Waals surface area contributed by atoms with Gasteiger partial charge in [0.25, 0.3) is 0 Å². The van der Waals surface area contributed by atoms with Gasteiger partial charge in [0.05, 0.1) is 6.04 Å². The molecule has 0 saturated heterocycles. The van der Waals surface area contributed by atoms with E-state index < -0.39 is 0 Å². The Balaban J connectivity index is 2.02. The van der Waals surface area contributed by atoms with E-state index >= 15 is 0 Å². The highest BCUT2D eigenvalue weighted by atomic mass is 32.1. The summed E-state index contributed by atoms with van der Waals surface area (Å²) in [6, 6.07) is 1.21. The zero-order valence-electron chi connectivity index (χ0n) is 9.79. The monoisotopic (exact) mass is 224 g/mol. The van der Waals surface area contributed by atoms with E-state index in [-0.39, 0.29) is 0 Å². The minimum Gasteiger partial charge on any atom is -0.305 e. The first-order valence-corrected chi connectivity index (χ1v) is 6.58. The van der Waals surface area contributed by atoms with E-state index in [4.69, 9.17) is 0 Å². The molecular formula is C12H20N2S. The highest BCUT2D eigenvalue weighted by molar-refractivity contribution is 7.09. The fraction of sp³-hybridized carbons (Fsp3) is 0.750. The summed E-state index contributed by atoms with van der Waals surface area (Å²) in [6.45, 7) is 6.88. The van der Waals surface area contributed by atoms with E-state index in [0.717, 1.165) is 12.5 Å². The van der Waals surface area contributed by atoms with Crippen molar-refractivity contribution in [1.82, 2.24) is 10.3 Å². The molecule has 3 heteroatoms. The van der Waals surface area contributed by atoms with Crippen molar-refractivity contribution in [2.75, 3.05) is 0 Å². The average Bonchev–Trinajstić information content (AvgIpc) is 2.78. The van der Waals surface area contributed by atoms with Crippen LogP contribution in [0.1, 0.15) is 51.1 Å². The van der Waals surface area contributed by atoms with E-state index in [1.807, 2.05) is 6.20 Å². The van der Waals surface area contributed by atoms with Gasteiger partial charge in [-0.3, -0.25) is 0 Å². The van der Waals surface area contributed by atoms with Crippen LogP contribution in [0.2, 0.25) is 0 Å². The van der Waals surface area contributed by atoms with Crippen LogP contribution < -0.4 is 5.32 Å². The normalized spacial score (nSPS) is 19.1. The third kappa shape index (κ3) is 3.58. The number of hydrogen-bond acceptors (Lipinski definition) is 3. The van der Waals surface area contributed by atoms with Gasteiger partial charge in [0.15, 0.2) is 0 Å². The fourth-order valence-electron chi connectivity index (χ4n) is 1.77. The molecule has 1 aromatic rings. The molecule has 0 bridgehead atoms. The molecule has 2 rings (SSSR count). The van der Waals surface area contributed by atoms with Gasteiger partial charge in [-0.2, -0.15) is 0 Å². The van der Waals surface area contributed by atoms with Crippen molar-refractivity contribution in [2.45, 2.75) is 52.1 Å². The maximum absolute atomic E-state index is 4.44. The molecule has 0 aromatic carbocycles. The van der Waals surface area contributed by atoms with Gasteiger partial charge in [-0.25, -0.2) is 4.98 Å². The van der Waals surface area contributed by atoms with Gasteiger partial charge in [-0.05, 0) is 24.7 Å². The number of thiazole rings is 1. The molecule has 0 amide bonds. The molecule has 0 spiro atoms. The van der Waals surface area contributed by atoms with Gasteiger partial charge in [0, 0.05) is 17.6 Å². The Morgan fingerprint density at radius 1 is 1.53 bits per heavy atom. The first-order chi connectivity index (χ1) is 7.04. The lowest BCUT2D eigenvalue weighted by atomic mass is 9.88. The van der Waals surface area contributed by atoms with Crippen LogP contribution in [0, 0.1) is 5.41 Å². The Morgan fingerprint density at radius 2 is 2.27 bits per heavy atom. The van der Waals surface area contributed by atoms with Crippen LogP contribution in [0.5, 0.6) is 0 Å².